The Balaban J connectivity index is 2.44. The van der Waals surface area contributed by atoms with Gasteiger partial charge in [0.2, 0.25) is 0 Å². The SMILES string of the molecule is CC(=NO)C1CCN(C(=O)OC(C)(C)C)CC1. The van der Waals surface area contributed by atoms with Gasteiger partial charge in [-0.05, 0) is 40.5 Å². The van der Waals surface area contributed by atoms with Crippen LogP contribution in [-0.2, 0) is 4.74 Å². The average molecular weight is 242 g/mol. The average Bonchev–Trinajstić information content (AvgIpc) is 2.26. The maximum atomic E-state index is 11.8. The summed E-state index contributed by atoms with van der Waals surface area (Å²) < 4.78 is 5.31. The zero-order valence-electron chi connectivity index (χ0n) is 11.1. The van der Waals surface area contributed by atoms with Crippen LogP contribution in [0.5, 0.6) is 0 Å². The van der Waals surface area contributed by atoms with Gasteiger partial charge < -0.3 is 14.8 Å². The van der Waals surface area contributed by atoms with E-state index in [0.717, 1.165) is 18.6 Å². The van der Waals surface area contributed by atoms with Crippen molar-refractivity contribution in [2.45, 2.75) is 46.1 Å². The standard InChI is InChI=1S/C12H22N2O3/c1-9(13-16)10-5-7-14(8-6-10)11(15)17-12(2,3)4/h10,16H,5-8H2,1-4H3. The second-order valence-electron chi connectivity index (χ2n) is 5.48. The Kier molecular flexibility index (Phi) is 4.37. The molecule has 0 atom stereocenters. The van der Waals surface area contributed by atoms with Crippen molar-refractivity contribution in [1.29, 1.82) is 0 Å². The van der Waals surface area contributed by atoms with E-state index in [9.17, 15) is 4.79 Å². The molecule has 0 unspecified atom stereocenters. The molecule has 1 rings (SSSR count). The molecule has 5 nitrogen and oxygen atoms in total. The fourth-order valence-corrected chi connectivity index (χ4v) is 1.89. The first-order valence-corrected chi connectivity index (χ1v) is 6.00. The predicted molar refractivity (Wildman–Crippen MR) is 65.4 cm³/mol. The summed E-state index contributed by atoms with van der Waals surface area (Å²) in [5, 5.41) is 11.9. The third-order valence-corrected chi connectivity index (χ3v) is 2.90. The van der Waals surface area contributed by atoms with Crippen LogP contribution in [0.4, 0.5) is 4.79 Å². The molecule has 1 aliphatic rings. The molecule has 0 aliphatic carbocycles. The molecule has 1 saturated heterocycles. The number of hydrogen-bond donors (Lipinski definition) is 1. The summed E-state index contributed by atoms with van der Waals surface area (Å²) in [5.41, 5.74) is 0.296. The lowest BCUT2D eigenvalue weighted by molar-refractivity contribution is 0.0201. The maximum absolute atomic E-state index is 11.8. The Hall–Kier alpha value is -1.26. The topological polar surface area (TPSA) is 62.1 Å². The van der Waals surface area contributed by atoms with E-state index in [1.165, 1.54) is 0 Å². The van der Waals surface area contributed by atoms with Crippen molar-refractivity contribution in [3.05, 3.63) is 0 Å². The van der Waals surface area contributed by atoms with Crippen molar-refractivity contribution in [2.24, 2.45) is 11.1 Å². The monoisotopic (exact) mass is 242 g/mol. The Morgan fingerprint density at radius 2 is 1.88 bits per heavy atom. The number of nitrogens with zero attached hydrogens (tertiary/aromatic N) is 2. The second kappa shape index (κ2) is 5.38. The van der Waals surface area contributed by atoms with Gasteiger partial charge in [0.25, 0.3) is 0 Å². The van der Waals surface area contributed by atoms with Gasteiger partial charge in [-0.2, -0.15) is 0 Å². The molecule has 5 heteroatoms. The number of hydrogen-bond acceptors (Lipinski definition) is 4. The third kappa shape index (κ3) is 4.24. The van der Waals surface area contributed by atoms with Crippen LogP contribution >= 0.6 is 0 Å². The van der Waals surface area contributed by atoms with Gasteiger partial charge in [-0.15, -0.1) is 0 Å². The van der Waals surface area contributed by atoms with Crippen LogP contribution in [0.25, 0.3) is 0 Å². The fraction of sp³-hybridized carbons (Fsp3) is 0.833. The van der Waals surface area contributed by atoms with Crippen LogP contribution in [0.3, 0.4) is 0 Å². The molecule has 1 fully saturated rings. The normalized spacial score (nSPS) is 19.3. The minimum absolute atomic E-state index is 0.255. The Bertz CT molecular complexity index is 299. The lowest BCUT2D eigenvalue weighted by Gasteiger charge is -2.33. The first-order valence-electron chi connectivity index (χ1n) is 6.00. The predicted octanol–water partition coefficient (Wildman–Crippen LogP) is 2.48. The van der Waals surface area contributed by atoms with Crippen molar-refractivity contribution in [3.8, 4) is 0 Å². The minimum atomic E-state index is -0.448. The summed E-state index contributed by atoms with van der Waals surface area (Å²) in [6.07, 6.45) is 1.40. The van der Waals surface area contributed by atoms with Gasteiger partial charge in [0.05, 0.1) is 5.71 Å². The van der Waals surface area contributed by atoms with E-state index >= 15 is 0 Å². The van der Waals surface area contributed by atoms with E-state index in [1.807, 2.05) is 27.7 Å². The van der Waals surface area contributed by atoms with Crippen LogP contribution in [-0.4, -0.2) is 40.6 Å². The van der Waals surface area contributed by atoms with Gasteiger partial charge in [-0.1, -0.05) is 5.16 Å². The van der Waals surface area contributed by atoms with Gasteiger partial charge in [0.15, 0.2) is 0 Å². The number of likely N-dealkylation sites (tertiary alicyclic amines) is 1. The molecule has 0 bridgehead atoms. The molecule has 0 aromatic rings. The molecule has 1 heterocycles. The van der Waals surface area contributed by atoms with Crippen molar-refractivity contribution in [1.82, 2.24) is 4.90 Å². The lowest BCUT2D eigenvalue weighted by Crippen LogP contribution is -2.42. The summed E-state index contributed by atoms with van der Waals surface area (Å²) in [6, 6.07) is 0. The van der Waals surface area contributed by atoms with E-state index < -0.39 is 5.60 Å². The van der Waals surface area contributed by atoms with Crippen molar-refractivity contribution in [2.75, 3.05) is 13.1 Å². The summed E-state index contributed by atoms with van der Waals surface area (Å²) >= 11 is 0. The zero-order valence-corrected chi connectivity index (χ0v) is 11.1. The quantitative estimate of drug-likeness (QED) is 0.436. The fourth-order valence-electron chi connectivity index (χ4n) is 1.89. The highest BCUT2D eigenvalue weighted by Crippen LogP contribution is 2.20. The number of oxime groups is 1. The molecule has 17 heavy (non-hydrogen) atoms. The molecule has 0 spiro atoms. The Labute approximate surface area is 102 Å². The van der Waals surface area contributed by atoms with Gasteiger partial charge in [-0.25, -0.2) is 4.79 Å². The van der Waals surface area contributed by atoms with E-state index in [0.29, 0.717) is 13.1 Å². The summed E-state index contributed by atoms with van der Waals surface area (Å²) in [5.74, 6) is 0.277. The van der Waals surface area contributed by atoms with Crippen LogP contribution in [0.15, 0.2) is 5.16 Å². The molecule has 1 amide bonds. The van der Waals surface area contributed by atoms with E-state index in [2.05, 4.69) is 5.16 Å². The van der Waals surface area contributed by atoms with Gasteiger partial charge >= 0.3 is 6.09 Å². The van der Waals surface area contributed by atoms with Crippen LogP contribution < -0.4 is 0 Å². The lowest BCUT2D eigenvalue weighted by atomic mass is 9.93. The largest absolute Gasteiger partial charge is 0.444 e. The minimum Gasteiger partial charge on any atom is -0.444 e. The number of carbonyl (C=O) groups is 1. The number of amides is 1. The smallest absolute Gasteiger partial charge is 0.410 e. The third-order valence-electron chi connectivity index (χ3n) is 2.90. The molecule has 0 aromatic heterocycles. The Morgan fingerprint density at radius 1 is 1.35 bits per heavy atom. The summed E-state index contributed by atoms with van der Waals surface area (Å²) in [7, 11) is 0. The highest BCUT2D eigenvalue weighted by Gasteiger charge is 2.27. The maximum Gasteiger partial charge on any atom is 0.410 e. The van der Waals surface area contributed by atoms with Gasteiger partial charge in [0.1, 0.15) is 5.60 Å². The first-order chi connectivity index (χ1) is 7.83. The molecule has 1 aliphatic heterocycles. The second-order valence-corrected chi connectivity index (χ2v) is 5.48. The van der Waals surface area contributed by atoms with Crippen LogP contribution in [0.2, 0.25) is 0 Å². The molecular weight excluding hydrogens is 220 g/mol. The Morgan fingerprint density at radius 3 is 2.29 bits per heavy atom. The number of rotatable bonds is 1. The molecular formula is C12H22N2O3. The molecule has 0 radical (unpaired) electrons. The summed E-state index contributed by atoms with van der Waals surface area (Å²) in [4.78, 5) is 13.5. The van der Waals surface area contributed by atoms with Crippen molar-refractivity contribution >= 4 is 11.8 Å². The van der Waals surface area contributed by atoms with E-state index in [4.69, 9.17) is 9.94 Å². The van der Waals surface area contributed by atoms with Crippen molar-refractivity contribution in [3.63, 3.8) is 0 Å². The highest BCUT2D eigenvalue weighted by atomic mass is 16.6. The van der Waals surface area contributed by atoms with Gasteiger partial charge in [0, 0.05) is 19.0 Å². The number of ether oxygens (including phenoxy) is 1. The molecule has 1 N–H and O–H groups in total. The van der Waals surface area contributed by atoms with Crippen molar-refractivity contribution < 1.29 is 14.7 Å². The van der Waals surface area contributed by atoms with Crippen LogP contribution in [0, 0.1) is 5.92 Å². The highest BCUT2D eigenvalue weighted by molar-refractivity contribution is 5.84. The summed E-state index contributed by atoms with van der Waals surface area (Å²) in [6.45, 7) is 8.72. The van der Waals surface area contributed by atoms with E-state index in [1.54, 1.807) is 4.90 Å². The first kappa shape index (κ1) is 13.8. The number of piperidine rings is 1. The number of carbonyl (C=O) groups excluding carboxylic acids is 1. The molecule has 0 aromatic carbocycles. The van der Waals surface area contributed by atoms with E-state index in [-0.39, 0.29) is 12.0 Å². The zero-order chi connectivity index (χ0) is 13.1. The molecule has 0 saturated carbocycles. The van der Waals surface area contributed by atoms with Gasteiger partial charge in [-0.3, -0.25) is 0 Å². The molecule has 98 valence electrons. The van der Waals surface area contributed by atoms with Crippen LogP contribution in [0.1, 0.15) is 40.5 Å².